The molecule has 2 aromatic carbocycles. The van der Waals surface area contributed by atoms with Gasteiger partial charge in [0.15, 0.2) is 0 Å². The van der Waals surface area contributed by atoms with Gasteiger partial charge < -0.3 is 15.1 Å². The fraction of sp³-hybridized carbons (Fsp3) is 0.417. The molecule has 1 atom stereocenters. The van der Waals surface area contributed by atoms with Gasteiger partial charge in [0.2, 0.25) is 0 Å². The number of benzene rings is 2. The lowest BCUT2D eigenvalue weighted by atomic mass is 9.92. The lowest BCUT2D eigenvalue weighted by Crippen LogP contribution is -2.71. The van der Waals surface area contributed by atoms with Crippen molar-refractivity contribution in [2.24, 2.45) is 0 Å². The van der Waals surface area contributed by atoms with Crippen molar-refractivity contribution in [3.8, 4) is 0 Å². The van der Waals surface area contributed by atoms with E-state index in [1.165, 1.54) is 24.3 Å². The lowest BCUT2D eigenvalue weighted by molar-refractivity contribution is -0.0467. The summed E-state index contributed by atoms with van der Waals surface area (Å²) in [6.07, 6.45) is 0. The Kier molecular flexibility index (Phi) is 5.96. The molecule has 0 radical (unpaired) electrons. The van der Waals surface area contributed by atoms with Gasteiger partial charge in [0.25, 0.3) is 5.91 Å². The van der Waals surface area contributed by atoms with E-state index >= 15 is 0 Å². The number of hydrogen-bond acceptors (Lipinski definition) is 3. The highest BCUT2D eigenvalue weighted by atomic mass is 19.1. The molecule has 4 rings (SSSR count). The minimum absolute atomic E-state index is 0.0596. The summed E-state index contributed by atoms with van der Waals surface area (Å²) in [4.78, 5) is 31.9. The van der Waals surface area contributed by atoms with Gasteiger partial charge in [0, 0.05) is 56.4 Å². The second kappa shape index (κ2) is 8.67. The Morgan fingerprint density at radius 1 is 1.00 bits per heavy atom. The predicted molar refractivity (Wildman–Crippen MR) is 117 cm³/mol. The minimum atomic E-state index is -0.354. The van der Waals surface area contributed by atoms with E-state index in [2.05, 4.69) is 24.1 Å². The van der Waals surface area contributed by atoms with Crippen LogP contribution in [-0.2, 0) is 6.54 Å². The first-order valence-corrected chi connectivity index (χ1v) is 10.7. The second-order valence-corrected chi connectivity index (χ2v) is 8.94. The van der Waals surface area contributed by atoms with Gasteiger partial charge in [-0.15, -0.1) is 0 Å². The van der Waals surface area contributed by atoms with Gasteiger partial charge in [-0.25, -0.2) is 9.18 Å². The van der Waals surface area contributed by atoms with Gasteiger partial charge in [-0.3, -0.25) is 9.69 Å². The Morgan fingerprint density at radius 3 is 2.39 bits per heavy atom. The highest BCUT2D eigenvalue weighted by molar-refractivity contribution is 5.94. The van der Waals surface area contributed by atoms with Gasteiger partial charge in [0.1, 0.15) is 5.82 Å². The smallest absolute Gasteiger partial charge is 0.317 e. The molecule has 7 heteroatoms. The van der Waals surface area contributed by atoms with Crippen LogP contribution in [0.5, 0.6) is 0 Å². The van der Waals surface area contributed by atoms with Gasteiger partial charge in [0.05, 0.1) is 0 Å². The summed E-state index contributed by atoms with van der Waals surface area (Å²) >= 11 is 0. The van der Waals surface area contributed by atoms with Crippen LogP contribution in [0, 0.1) is 5.82 Å². The van der Waals surface area contributed by atoms with Crippen LogP contribution >= 0.6 is 0 Å². The molecule has 0 aliphatic carbocycles. The first kappa shape index (κ1) is 21.3. The normalized spacial score (nSPS) is 20.8. The van der Waals surface area contributed by atoms with Crippen LogP contribution in [0.25, 0.3) is 0 Å². The summed E-state index contributed by atoms with van der Waals surface area (Å²) in [6.45, 7) is 7.90. The maximum atomic E-state index is 13.2. The van der Waals surface area contributed by atoms with E-state index < -0.39 is 0 Å². The highest BCUT2D eigenvalue weighted by Crippen LogP contribution is 2.28. The molecule has 2 heterocycles. The monoisotopic (exact) mass is 424 g/mol. The van der Waals surface area contributed by atoms with E-state index in [0.717, 1.165) is 12.1 Å². The molecule has 31 heavy (non-hydrogen) atoms. The number of carbonyl (C=O) groups excluding carboxylic acids is 2. The van der Waals surface area contributed by atoms with Crippen molar-refractivity contribution in [3.05, 3.63) is 71.5 Å². The molecule has 6 nitrogen and oxygen atoms in total. The molecule has 0 aromatic heterocycles. The lowest BCUT2D eigenvalue weighted by Gasteiger charge is -2.55. The number of hydrogen-bond donors (Lipinski definition) is 1. The molecule has 0 spiro atoms. The van der Waals surface area contributed by atoms with Crippen molar-refractivity contribution in [2.75, 3.05) is 32.7 Å². The number of nitrogens with one attached hydrogen (secondary N) is 1. The maximum Gasteiger partial charge on any atom is 0.317 e. The Labute approximate surface area is 182 Å². The average Bonchev–Trinajstić information content (AvgIpc) is 2.77. The third-order valence-electron chi connectivity index (χ3n) is 6.22. The fourth-order valence-corrected chi connectivity index (χ4v) is 4.68. The van der Waals surface area contributed by atoms with Crippen LogP contribution in [0.2, 0.25) is 0 Å². The fourth-order valence-electron chi connectivity index (χ4n) is 4.68. The number of halogens is 1. The molecule has 2 saturated heterocycles. The third-order valence-corrected chi connectivity index (χ3v) is 6.22. The molecule has 0 saturated carbocycles. The zero-order chi connectivity index (χ0) is 22.0. The van der Waals surface area contributed by atoms with Gasteiger partial charge in [-0.1, -0.05) is 30.3 Å². The highest BCUT2D eigenvalue weighted by Gasteiger charge is 2.44. The van der Waals surface area contributed by atoms with Crippen molar-refractivity contribution in [2.45, 2.75) is 32.0 Å². The largest absolute Gasteiger partial charge is 0.336 e. The SMILES string of the molecule is CC1(C)CN(C(=O)NCc2ccccc2)CC2CN(C(=O)c3ccc(F)cc3)CCN21. The van der Waals surface area contributed by atoms with Gasteiger partial charge in [-0.2, -0.15) is 0 Å². The summed E-state index contributed by atoms with van der Waals surface area (Å²) < 4.78 is 13.2. The van der Waals surface area contributed by atoms with Crippen molar-refractivity contribution < 1.29 is 14.0 Å². The van der Waals surface area contributed by atoms with Gasteiger partial charge >= 0.3 is 6.03 Å². The Balaban J connectivity index is 1.42. The molecule has 2 fully saturated rings. The van der Waals surface area contributed by atoms with Crippen LogP contribution in [0.3, 0.4) is 0 Å². The molecule has 0 bridgehead atoms. The molecular weight excluding hydrogens is 395 g/mol. The summed E-state index contributed by atoms with van der Waals surface area (Å²) in [5.41, 5.74) is 1.36. The van der Waals surface area contributed by atoms with Crippen LogP contribution < -0.4 is 5.32 Å². The zero-order valence-corrected chi connectivity index (χ0v) is 18.1. The van der Waals surface area contributed by atoms with E-state index in [4.69, 9.17) is 0 Å². The quantitative estimate of drug-likeness (QED) is 0.824. The van der Waals surface area contributed by atoms with Crippen LogP contribution in [0.4, 0.5) is 9.18 Å². The first-order valence-electron chi connectivity index (χ1n) is 10.7. The molecule has 2 aliphatic rings. The summed E-state index contributed by atoms with van der Waals surface area (Å²) in [6, 6.07) is 15.5. The van der Waals surface area contributed by atoms with E-state index in [0.29, 0.717) is 38.3 Å². The number of amides is 3. The second-order valence-electron chi connectivity index (χ2n) is 8.94. The van der Waals surface area contributed by atoms with Crippen molar-refractivity contribution in [1.82, 2.24) is 20.0 Å². The first-order chi connectivity index (χ1) is 14.8. The topological polar surface area (TPSA) is 55.9 Å². The van der Waals surface area contributed by atoms with E-state index in [1.807, 2.05) is 40.1 Å². The van der Waals surface area contributed by atoms with Crippen molar-refractivity contribution in [3.63, 3.8) is 0 Å². The van der Waals surface area contributed by atoms with Crippen molar-refractivity contribution in [1.29, 1.82) is 0 Å². The summed E-state index contributed by atoms with van der Waals surface area (Å²) in [7, 11) is 0. The number of piperazine rings is 2. The zero-order valence-electron chi connectivity index (χ0n) is 18.1. The molecule has 3 amide bonds. The molecule has 1 N–H and O–H groups in total. The number of rotatable bonds is 3. The van der Waals surface area contributed by atoms with Gasteiger partial charge in [-0.05, 0) is 43.7 Å². The van der Waals surface area contributed by atoms with Crippen molar-refractivity contribution >= 4 is 11.9 Å². The molecule has 1 unspecified atom stereocenters. The number of carbonyl (C=O) groups is 2. The maximum absolute atomic E-state index is 13.2. The predicted octanol–water partition coefficient (Wildman–Crippen LogP) is 2.96. The number of nitrogens with zero attached hydrogens (tertiary/aromatic N) is 3. The summed E-state index contributed by atoms with van der Waals surface area (Å²) in [5, 5.41) is 3.02. The standard InChI is InChI=1S/C24H29FN4O2/c1-24(2)17-28(23(31)26-14-18-6-4-3-5-7-18)16-21-15-27(12-13-29(21)24)22(30)19-8-10-20(25)11-9-19/h3-11,21H,12-17H2,1-2H3,(H,26,31). The Bertz CT molecular complexity index is 932. The number of fused-ring (bicyclic) bond motifs is 1. The molecule has 2 aliphatic heterocycles. The van der Waals surface area contributed by atoms with E-state index in [-0.39, 0.29) is 29.3 Å². The molecule has 2 aromatic rings. The third kappa shape index (κ3) is 4.71. The van der Waals surface area contributed by atoms with Crippen LogP contribution in [0.1, 0.15) is 29.8 Å². The minimum Gasteiger partial charge on any atom is -0.336 e. The number of urea groups is 1. The van der Waals surface area contributed by atoms with Crippen LogP contribution in [0.15, 0.2) is 54.6 Å². The average molecular weight is 425 g/mol. The molecule has 164 valence electrons. The Morgan fingerprint density at radius 2 is 1.68 bits per heavy atom. The van der Waals surface area contributed by atoms with Crippen LogP contribution in [-0.4, -0.2) is 70.9 Å². The van der Waals surface area contributed by atoms with E-state index in [1.54, 1.807) is 0 Å². The van der Waals surface area contributed by atoms with E-state index in [9.17, 15) is 14.0 Å². The summed E-state index contributed by atoms with van der Waals surface area (Å²) in [5.74, 6) is -0.448. The Hall–Kier alpha value is -2.93. The molecular formula is C24H29FN4O2.